The maximum absolute atomic E-state index is 2.53. The van der Waals surface area contributed by atoms with Crippen molar-refractivity contribution in [1.82, 2.24) is 9.80 Å². The van der Waals surface area contributed by atoms with Crippen molar-refractivity contribution in [2.45, 2.75) is 19.9 Å². The minimum atomic E-state index is 0.708. The number of allylic oxidation sites excluding steroid dienone is 1. The summed E-state index contributed by atoms with van der Waals surface area (Å²) in [4.78, 5) is 4.93. The average molecular weight is 168 g/mol. The van der Waals surface area contributed by atoms with Gasteiger partial charge in [0.15, 0.2) is 0 Å². The first-order valence-corrected chi connectivity index (χ1v) is 4.77. The Bertz CT molecular complexity index is 154. The lowest BCUT2D eigenvalue weighted by atomic mass is 10.2. The summed E-state index contributed by atoms with van der Waals surface area (Å²) < 4.78 is 0. The highest BCUT2D eigenvalue weighted by molar-refractivity contribution is 4.86. The second-order valence-electron chi connectivity index (χ2n) is 3.68. The highest BCUT2D eigenvalue weighted by Crippen LogP contribution is 2.06. The van der Waals surface area contributed by atoms with Gasteiger partial charge in [-0.2, -0.15) is 0 Å². The predicted molar refractivity (Wildman–Crippen MR) is 53.3 cm³/mol. The molecule has 1 fully saturated rings. The SMILES string of the molecule is C/C=C/CN1CCN(C)CC1C. The van der Waals surface area contributed by atoms with Gasteiger partial charge >= 0.3 is 0 Å². The summed E-state index contributed by atoms with van der Waals surface area (Å²) in [5.74, 6) is 0. The van der Waals surface area contributed by atoms with Crippen LogP contribution in [-0.4, -0.2) is 49.1 Å². The van der Waals surface area contributed by atoms with E-state index in [9.17, 15) is 0 Å². The molecule has 70 valence electrons. The van der Waals surface area contributed by atoms with E-state index in [1.807, 2.05) is 0 Å². The number of nitrogens with zero attached hydrogens (tertiary/aromatic N) is 2. The zero-order valence-corrected chi connectivity index (χ0v) is 8.45. The van der Waals surface area contributed by atoms with Gasteiger partial charge < -0.3 is 4.90 Å². The second kappa shape index (κ2) is 4.63. The molecule has 0 spiro atoms. The molecule has 1 heterocycles. The Kier molecular flexibility index (Phi) is 3.76. The number of piperazine rings is 1. The zero-order valence-electron chi connectivity index (χ0n) is 8.45. The van der Waals surface area contributed by atoms with Crippen molar-refractivity contribution < 1.29 is 0 Å². The molecule has 0 saturated carbocycles. The molecule has 0 aromatic carbocycles. The number of hydrogen-bond acceptors (Lipinski definition) is 2. The van der Waals surface area contributed by atoms with E-state index in [4.69, 9.17) is 0 Å². The average Bonchev–Trinajstić information content (AvgIpc) is 2.03. The zero-order chi connectivity index (χ0) is 8.97. The largest absolute Gasteiger partial charge is 0.304 e. The van der Waals surface area contributed by atoms with Crippen LogP contribution < -0.4 is 0 Å². The van der Waals surface area contributed by atoms with Gasteiger partial charge in [0, 0.05) is 32.2 Å². The van der Waals surface area contributed by atoms with E-state index in [1.165, 1.54) is 19.6 Å². The summed E-state index contributed by atoms with van der Waals surface area (Å²) in [6, 6.07) is 0.708. The topological polar surface area (TPSA) is 6.48 Å². The molecule has 1 unspecified atom stereocenters. The molecule has 1 aliphatic rings. The van der Waals surface area contributed by atoms with Gasteiger partial charge in [-0.1, -0.05) is 12.2 Å². The van der Waals surface area contributed by atoms with Crippen molar-refractivity contribution in [3.05, 3.63) is 12.2 Å². The third-order valence-electron chi connectivity index (χ3n) is 2.54. The summed E-state index contributed by atoms with van der Waals surface area (Å²) in [6.45, 7) is 9.13. The maximum atomic E-state index is 2.53. The minimum absolute atomic E-state index is 0.708. The van der Waals surface area contributed by atoms with Gasteiger partial charge in [0.05, 0.1) is 0 Å². The molecule has 1 atom stereocenters. The summed E-state index contributed by atoms with van der Waals surface area (Å²) in [5.41, 5.74) is 0. The van der Waals surface area contributed by atoms with Gasteiger partial charge in [-0.25, -0.2) is 0 Å². The first-order valence-electron chi connectivity index (χ1n) is 4.77. The summed E-state index contributed by atoms with van der Waals surface area (Å²) in [6.07, 6.45) is 4.37. The molecule has 0 aliphatic carbocycles. The van der Waals surface area contributed by atoms with Crippen LogP contribution >= 0.6 is 0 Å². The Labute approximate surface area is 75.8 Å². The minimum Gasteiger partial charge on any atom is -0.304 e. The number of hydrogen-bond donors (Lipinski definition) is 0. The van der Waals surface area contributed by atoms with Crippen molar-refractivity contribution in [3.63, 3.8) is 0 Å². The fourth-order valence-electron chi connectivity index (χ4n) is 1.69. The lowest BCUT2D eigenvalue weighted by Gasteiger charge is -2.37. The molecular weight excluding hydrogens is 148 g/mol. The van der Waals surface area contributed by atoms with Crippen LogP contribution in [0.1, 0.15) is 13.8 Å². The maximum Gasteiger partial charge on any atom is 0.0198 e. The Balaban J connectivity index is 2.34. The third-order valence-corrected chi connectivity index (χ3v) is 2.54. The monoisotopic (exact) mass is 168 g/mol. The van der Waals surface area contributed by atoms with Crippen LogP contribution in [-0.2, 0) is 0 Å². The Morgan fingerprint density at radius 1 is 1.42 bits per heavy atom. The molecule has 0 aromatic rings. The smallest absolute Gasteiger partial charge is 0.0198 e. The van der Waals surface area contributed by atoms with E-state index in [0.717, 1.165) is 6.54 Å². The fourth-order valence-corrected chi connectivity index (χ4v) is 1.69. The van der Waals surface area contributed by atoms with Crippen molar-refractivity contribution >= 4 is 0 Å². The van der Waals surface area contributed by atoms with Crippen LogP contribution in [0, 0.1) is 0 Å². The molecule has 12 heavy (non-hydrogen) atoms. The van der Waals surface area contributed by atoms with Crippen LogP contribution in [0.5, 0.6) is 0 Å². The Morgan fingerprint density at radius 2 is 2.17 bits per heavy atom. The highest BCUT2D eigenvalue weighted by atomic mass is 15.3. The van der Waals surface area contributed by atoms with Crippen LogP contribution in [0.4, 0.5) is 0 Å². The molecule has 2 nitrogen and oxygen atoms in total. The number of rotatable bonds is 2. The standard InChI is InChI=1S/C10H20N2/c1-4-5-6-12-8-7-11(3)9-10(12)2/h4-5,10H,6-9H2,1-3H3/b5-4+. The van der Waals surface area contributed by atoms with Gasteiger partial charge in [-0.15, -0.1) is 0 Å². The van der Waals surface area contributed by atoms with E-state index in [1.54, 1.807) is 0 Å². The predicted octanol–water partition coefficient (Wildman–Crippen LogP) is 1.20. The van der Waals surface area contributed by atoms with Gasteiger partial charge in [0.1, 0.15) is 0 Å². The summed E-state index contributed by atoms with van der Waals surface area (Å²) >= 11 is 0. The number of likely N-dealkylation sites (N-methyl/N-ethyl adjacent to an activating group) is 1. The highest BCUT2D eigenvalue weighted by Gasteiger charge is 2.19. The lowest BCUT2D eigenvalue weighted by molar-refractivity contribution is 0.112. The first-order chi connectivity index (χ1) is 5.74. The molecule has 0 aromatic heterocycles. The van der Waals surface area contributed by atoms with E-state index < -0.39 is 0 Å². The molecule has 0 amide bonds. The lowest BCUT2D eigenvalue weighted by Crippen LogP contribution is -2.50. The summed E-state index contributed by atoms with van der Waals surface area (Å²) in [5, 5.41) is 0. The molecule has 0 N–H and O–H groups in total. The molecule has 0 bridgehead atoms. The van der Waals surface area contributed by atoms with Crippen molar-refractivity contribution in [3.8, 4) is 0 Å². The molecule has 1 rings (SSSR count). The normalized spacial score (nSPS) is 28.4. The molecule has 1 saturated heterocycles. The van der Waals surface area contributed by atoms with Crippen LogP contribution in [0.15, 0.2) is 12.2 Å². The van der Waals surface area contributed by atoms with E-state index >= 15 is 0 Å². The van der Waals surface area contributed by atoms with Gasteiger partial charge in [-0.05, 0) is 20.9 Å². The Hall–Kier alpha value is -0.340. The van der Waals surface area contributed by atoms with Crippen molar-refractivity contribution in [2.24, 2.45) is 0 Å². The molecule has 0 radical (unpaired) electrons. The van der Waals surface area contributed by atoms with E-state index in [0.29, 0.717) is 6.04 Å². The van der Waals surface area contributed by atoms with E-state index in [-0.39, 0.29) is 0 Å². The first kappa shape index (κ1) is 9.75. The Morgan fingerprint density at radius 3 is 2.75 bits per heavy atom. The van der Waals surface area contributed by atoms with Crippen LogP contribution in [0.2, 0.25) is 0 Å². The fraction of sp³-hybridized carbons (Fsp3) is 0.800. The van der Waals surface area contributed by atoms with Gasteiger partial charge in [0.25, 0.3) is 0 Å². The van der Waals surface area contributed by atoms with Crippen molar-refractivity contribution in [2.75, 3.05) is 33.2 Å². The quantitative estimate of drug-likeness (QED) is 0.572. The molecule has 1 aliphatic heterocycles. The molecular formula is C10H20N2. The van der Waals surface area contributed by atoms with E-state index in [2.05, 4.69) is 42.8 Å². The van der Waals surface area contributed by atoms with Crippen molar-refractivity contribution in [1.29, 1.82) is 0 Å². The third kappa shape index (κ3) is 2.61. The summed E-state index contributed by atoms with van der Waals surface area (Å²) in [7, 11) is 2.20. The second-order valence-corrected chi connectivity index (χ2v) is 3.68. The van der Waals surface area contributed by atoms with Gasteiger partial charge in [-0.3, -0.25) is 4.90 Å². The molecule has 2 heteroatoms. The van der Waals surface area contributed by atoms with Crippen LogP contribution in [0.25, 0.3) is 0 Å². The van der Waals surface area contributed by atoms with Crippen LogP contribution in [0.3, 0.4) is 0 Å². The van der Waals surface area contributed by atoms with Gasteiger partial charge in [0.2, 0.25) is 0 Å².